The minimum atomic E-state index is -0.204. The maximum Gasteiger partial charge on any atom is 0.148 e. The van der Waals surface area contributed by atoms with Gasteiger partial charge >= 0.3 is 0 Å². The lowest BCUT2D eigenvalue weighted by atomic mass is 9.57. The van der Waals surface area contributed by atoms with E-state index in [2.05, 4.69) is 20.8 Å². The van der Waals surface area contributed by atoms with E-state index >= 15 is 0 Å². The van der Waals surface area contributed by atoms with Gasteiger partial charge in [-0.1, -0.05) is 19.4 Å². The SMILES string of the molecule is CC1=C(C=O)C23CC(CCC2CC1(C)C)CO3. The lowest BCUT2D eigenvalue weighted by molar-refractivity contribution is -0.110. The Morgan fingerprint density at radius 2 is 2.06 bits per heavy atom. The Hall–Kier alpha value is -0.630. The van der Waals surface area contributed by atoms with Crippen molar-refractivity contribution < 1.29 is 9.53 Å². The second-order valence-corrected chi connectivity index (χ2v) is 6.79. The first-order valence-electron chi connectivity index (χ1n) is 6.80. The smallest absolute Gasteiger partial charge is 0.148 e. The first-order chi connectivity index (χ1) is 7.99. The summed E-state index contributed by atoms with van der Waals surface area (Å²) in [7, 11) is 0. The summed E-state index contributed by atoms with van der Waals surface area (Å²) in [6.07, 6.45) is 5.85. The van der Waals surface area contributed by atoms with Crippen LogP contribution in [0.2, 0.25) is 0 Å². The van der Waals surface area contributed by atoms with Crippen LogP contribution in [0.4, 0.5) is 0 Å². The van der Waals surface area contributed by atoms with Crippen molar-refractivity contribution in [3.8, 4) is 0 Å². The normalized spacial score (nSPS) is 43.5. The molecule has 0 aromatic heterocycles. The second kappa shape index (κ2) is 3.44. The highest BCUT2D eigenvalue weighted by Crippen LogP contribution is 2.58. The van der Waals surface area contributed by atoms with Crippen molar-refractivity contribution in [1.82, 2.24) is 0 Å². The summed E-state index contributed by atoms with van der Waals surface area (Å²) >= 11 is 0. The molecule has 2 bridgehead atoms. The molecule has 3 unspecified atom stereocenters. The number of hydrogen-bond donors (Lipinski definition) is 0. The van der Waals surface area contributed by atoms with Gasteiger partial charge < -0.3 is 4.74 Å². The molecule has 3 atom stereocenters. The van der Waals surface area contributed by atoms with Crippen molar-refractivity contribution >= 4 is 6.29 Å². The summed E-state index contributed by atoms with van der Waals surface area (Å²) < 4.78 is 6.15. The van der Waals surface area contributed by atoms with Crippen LogP contribution in [-0.4, -0.2) is 18.5 Å². The number of allylic oxidation sites excluding steroid dienone is 1. The minimum Gasteiger partial charge on any atom is -0.370 e. The quantitative estimate of drug-likeness (QED) is 0.652. The Morgan fingerprint density at radius 3 is 2.76 bits per heavy atom. The minimum absolute atomic E-state index is 0.158. The molecule has 2 fully saturated rings. The van der Waals surface area contributed by atoms with Crippen LogP contribution in [0.15, 0.2) is 11.1 Å². The number of hydrogen-bond acceptors (Lipinski definition) is 2. The highest BCUT2D eigenvalue weighted by atomic mass is 16.5. The highest BCUT2D eigenvalue weighted by Gasteiger charge is 2.56. The summed E-state index contributed by atoms with van der Waals surface area (Å²) in [6.45, 7) is 7.51. The van der Waals surface area contributed by atoms with Crippen molar-refractivity contribution in [2.75, 3.05) is 6.61 Å². The lowest BCUT2D eigenvalue weighted by Crippen LogP contribution is -2.48. The van der Waals surface area contributed by atoms with E-state index in [1.807, 2.05) is 0 Å². The molecule has 2 nitrogen and oxygen atoms in total. The fraction of sp³-hybridized carbons (Fsp3) is 0.800. The second-order valence-electron chi connectivity index (χ2n) is 6.79. The molecule has 0 aromatic rings. The zero-order valence-electron chi connectivity index (χ0n) is 11.1. The van der Waals surface area contributed by atoms with E-state index < -0.39 is 0 Å². The van der Waals surface area contributed by atoms with Gasteiger partial charge in [0.25, 0.3) is 0 Å². The molecule has 2 heteroatoms. The highest BCUT2D eigenvalue weighted by molar-refractivity contribution is 5.79. The predicted octanol–water partition coefficient (Wildman–Crippen LogP) is 3.12. The number of aldehydes is 1. The maximum absolute atomic E-state index is 11.6. The van der Waals surface area contributed by atoms with Crippen LogP contribution in [-0.2, 0) is 9.53 Å². The molecular formula is C15H22O2. The van der Waals surface area contributed by atoms with Gasteiger partial charge in [-0.3, -0.25) is 4.79 Å². The first kappa shape index (κ1) is 11.5. The van der Waals surface area contributed by atoms with Gasteiger partial charge in [-0.25, -0.2) is 0 Å². The average molecular weight is 234 g/mol. The van der Waals surface area contributed by atoms with Crippen LogP contribution < -0.4 is 0 Å². The third kappa shape index (κ3) is 1.40. The number of fused-ring (bicyclic) bond motifs is 1. The summed E-state index contributed by atoms with van der Waals surface area (Å²) in [6, 6.07) is 0. The first-order valence-corrected chi connectivity index (χ1v) is 6.80. The monoisotopic (exact) mass is 234 g/mol. The van der Waals surface area contributed by atoms with Crippen molar-refractivity contribution in [3.05, 3.63) is 11.1 Å². The fourth-order valence-electron chi connectivity index (χ4n) is 4.27. The summed E-state index contributed by atoms with van der Waals surface area (Å²) in [5.41, 5.74) is 2.18. The molecule has 1 saturated carbocycles. The maximum atomic E-state index is 11.6. The number of carbonyl (C=O) groups is 1. The molecule has 94 valence electrons. The fourth-order valence-corrected chi connectivity index (χ4v) is 4.27. The lowest BCUT2D eigenvalue weighted by Gasteiger charge is -2.49. The molecule has 1 spiro atoms. The molecule has 3 rings (SSSR count). The molecule has 17 heavy (non-hydrogen) atoms. The largest absolute Gasteiger partial charge is 0.370 e. The van der Waals surface area contributed by atoms with Crippen molar-refractivity contribution in [2.45, 2.75) is 52.1 Å². The van der Waals surface area contributed by atoms with E-state index in [9.17, 15) is 4.79 Å². The molecule has 2 aliphatic carbocycles. The third-order valence-electron chi connectivity index (χ3n) is 5.50. The Labute approximate surface area is 103 Å². The molecule has 0 radical (unpaired) electrons. The summed E-state index contributed by atoms with van der Waals surface area (Å²) in [5, 5.41) is 0. The van der Waals surface area contributed by atoms with Crippen molar-refractivity contribution in [2.24, 2.45) is 17.3 Å². The van der Waals surface area contributed by atoms with E-state index in [1.165, 1.54) is 24.8 Å². The van der Waals surface area contributed by atoms with Gasteiger partial charge in [-0.15, -0.1) is 0 Å². The van der Waals surface area contributed by atoms with Gasteiger partial charge in [-0.2, -0.15) is 0 Å². The van der Waals surface area contributed by atoms with Crippen molar-refractivity contribution in [1.29, 1.82) is 0 Å². The van der Waals surface area contributed by atoms with E-state index in [0.29, 0.717) is 11.8 Å². The van der Waals surface area contributed by atoms with Crippen LogP contribution >= 0.6 is 0 Å². The molecule has 0 aromatic carbocycles. The Balaban J connectivity index is 2.14. The third-order valence-corrected chi connectivity index (χ3v) is 5.50. The van der Waals surface area contributed by atoms with Gasteiger partial charge in [0.15, 0.2) is 0 Å². The van der Waals surface area contributed by atoms with Crippen LogP contribution in [0.5, 0.6) is 0 Å². The molecule has 1 aliphatic heterocycles. The van der Waals surface area contributed by atoms with Gasteiger partial charge in [-0.05, 0) is 49.9 Å². The summed E-state index contributed by atoms with van der Waals surface area (Å²) in [5.74, 6) is 1.25. The average Bonchev–Trinajstić information content (AvgIpc) is 2.62. The van der Waals surface area contributed by atoms with Gasteiger partial charge in [0.1, 0.15) is 6.29 Å². The van der Waals surface area contributed by atoms with Crippen LogP contribution in [0.1, 0.15) is 46.5 Å². The van der Waals surface area contributed by atoms with Crippen LogP contribution in [0, 0.1) is 17.3 Å². The van der Waals surface area contributed by atoms with Crippen LogP contribution in [0.3, 0.4) is 0 Å². The van der Waals surface area contributed by atoms with Gasteiger partial charge in [0, 0.05) is 5.57 Å². The topological polar surface area (TPSA) is 26.3 Å². The Morgan fingerprint density at radius 1 is 1.29 bits per heavy atom. The van der Waals surface area contributed by atoms with E-state index in [1.54, 1.807) is 0 Å². The van der Waals surface area contributed by atoms with E-state index in [0.717, 1.165) is 24.9 Å². The zero-order valence-corrected chi connectivity index (χ0v) is 11.1. The molecule has 0 amide bonds. The summed E-state index contributed by atoms with van der Waals surface area (Å²) in [4.78, 5) is 11.6. The van der Waals surface area contributed by atoms with Gasteiger partial charge in [0.05, 0.1) is 12.2 Å². The molecular weight excluding hydrogens is 212 g/mol. The van der Waals surface area contributed by atoms with Gasteiger partial charge in [0.2, 0.25) is 0 Å². The molecule has 1 heterocycles. The Bertz CT molecular complexity index is 394. The van der Waals surface area contributed by atoms with E-state index in [4.69, 9.17) is 4.74 Å². The van der Waals surface area contributed by atoms with Crippen LogP contribution in [0.25, 0.3) is 0 Å². The number of ether oxygens (including phenoxy) is 1. The number of rotatable bonds is 1. The molecule has 1 saturated heterocycles. The van der Waals surface area contributed by atoms with E-state index in [-0.39, 0.29) is 11.0 Å². The molecule has 3 aliphatic rings. The predicted molar refractivity (Wildman–Crippen MR) is 66.7 cm³/mol. The van der Waals surface area contributed by atoms with Crippen molar-refractivity contribution in [3.63, 3.8) is 0 Å². The standard InChI is InChI=1S/C15H22O2/c1-10-13(8-16)15-6-11(9-17-15)4-5-12(15)7-14(10,2)3/h8,11-12H,4-7,9H2,1-3H3. The Kier molecular flexibility index (Phi) is 2.32. The molecule has 0 N–H and O–H groups in total. The zero-order chi connectivity index (χ0) is 12.3. The number of carbonyl (C=O) groups excluding carboxylic acids is 1.